The number of nitrogens with two attached hydrogens (primary N) is 1. The number of aromatic amines is 1. The number of carboxylic acid groups (broad SMARTS) is 1. The Morgan fingerprint density at radius 1 is 1.62 bits per heavy atom. The number of nitrogens with one attached hydrogen (secondary N) is 1. The second-order valence-corrected chi connectivity index (χ2v) is 2.92. The molecular weight excluding hydrogens is 393 g/mol. The van der Waals surface area contributed by atoms with Crippen LogP contribution in [-0.2, 0) is 27.2 Å². The molecule has 0 bridgehead atoms. The van der Waals surface area contributed by atoms with Gasteiger partial charge in [0, 0.05) is 28.6 Å². The van der Waals surface area contributed by atoms with E-state index in [2.05, 4.69) is 15.0 Å². The number of fused-ring (bicyclic) bond motifs is 1. The Kier molecular flexibility index (Phi) is 6.59. The van der Waals surface area contributed by atoms with Gasteiger partial charge in [-0.3, -0.25) is 9.78 Å². The molecule has 0 saturated heterocycles. The minimum atomic E-state index is -0.963. The smallest absolute Gasteiger partial charge is 0.320 e. The molecule has 2 rings (SSSR count). The molecule has 0 aliphatic heterocycles. The molecule has 0 amide bonds. The van der Waals surface area contributed by atoms with E-state index in [9.17, 15) is 4.79 Å². The van der Waals surface area contributed by atoms with E-state index >= 15 is 0 Å². The van der Waals surface area contributed by atoms with Crippen molar-refractivity contribution in [1.29, 1.82) is 0 Å². The van der Waals surface area contributed by atoms with Crippen LogP contribution in [0, 0.1) is 0 Å². The van der Waals surface area contributed by atoms with E-state index in [1.54, 1.807) is 18.7 Å². The van der Waals surface area contributed by atoms with Crippen molar-refractivity contribution in [3.8, 4) is 0 Å². The van der Waals surface area contributed by atoms with Crippen LogP contribution in [0.25, 0.3) is 11.0 Å². The summed E-state index contributed by atoms with van der Waals surface area (Å²) in [4.78, 5) is 20.5. The third-order valence-corrected chi connectivity index (χ3v) is 1.61. The van der Waals surface area contributed by atoms with Crippen molar-refractivity contribution < 1.29 is 32.3 Å². The third-order valence-electron chi connectivity index (χ3n) is 1.61. The molecule has 1 atom stereocenters. The fourth-order valence-corrected chi connectivity index (χ4v) is 0.782. The Bertz CT molecular complexity index is 414. The number of rotatable bonds is 1. The summed E-state index contributed by atoms with van der Waals surface area (Å²) in [6, 6.07) is 1.14. The molecule has 1 unspecified atom stereocenters. The van der Waals surface area contributed by atoms with Crippen molar-refractivity contribution in [3.05, 3.63) is 24.8 Å². The summed E-state index contributed by atoms with van der Waals surface area (Å²) in [5.74, 6) is -0.963. The Morgan fingerprint density at radius 2 is 2.25 bits per heavy atom. The maximum absolute atomic E-state index is 9.57. The van der Waals surface area contributed by atoms with E-state index in [1.807, 2.05) is 6.07 Å². The molecular formula is C9H12AuN4O2. The summed E-state index contributed by atoms with van der Waals surface area (Å²) in [5, 5.41) is 7.87. The number of aromatic nitrogens is 3. The maximum Gasteiger partial charge on any atom is 0.320 e. The molecule has 2 aromatic rings. The van der Waals surface area contributed by atoms with E-state index in [-0.39, 0.29) is 22.4 Å². The van der Waals surface area contributed by atoms with Gasteiger partial charge in [0.1, 0.15) is 6.04 Å². The van der Waals surface area contributed by atoms with Gasteiger partial charge >= 0.3 is 5.97 Å². The second-order valence-electron chi connectivity index (χ2n) is 2.92. The van der Waals surface area contributed by atoms with Crippen LogP contribution < -0.4 is 5.73 Å². The van der Waals surface area contributed by atoms with Gasteiger partial charge in [0.2, 0.25) is 0 Å². The zero-order chi connectivity index (χ0) is 11.3. The molecule has 6 nitrogen and oxygen atoms in total. The largest absolute Gasteiger partial charge is 0.480 e. The Balaban J connectivity index is 0.000000289. The van der Waals surface area contributed by atoms with Crippen LogP contribution in [0.1, 0.15) is 6.92 Å². The van der Waals surface area contributed by atoms with Gasteiger partial charge in [-0.15, -0.1) is 0 Å². The average molecular weight is 405 g/mol. The summed E-state index contributed by atoms with van der Waals surface area (Å²) >= 11 is 0. The minimum absolute atomic E-state index is 0. The quantitative estimate of drug-likeness (QED) is 0.595. The fourth-order valence-electron chi connectivity index (χ4n) is 0.782. The van der Waals surface area contributed by atoms with Gasteiger partial charge in [-0.2, -0.15) is 0 Å². The number of pyridine rings is 1. The van der Waals surface area contributed by atoms with Crippen molar-refractivity contribution in [2.45, 2.75) is 13.0 Å². The van der Waals surface area contributed by atoms with Gasteiger partial charge in [0.15, 0.2) is 0 Å². The van der Waals surface area contributed by atoms with Gasteiger partial charge in [0.05, 0.1) is 23.6 Å². The van der Waals surface area contributed by atoms with Crippen LogP contribution in [0.4, 0.5) is 0 Å². The molecule has 0 fully saturated rings. The van der Waals surface area contributed by atoms with Crippen LogP contribution in [-0.4, -0.2) is 32.1 Å². The van der Waals surface area contributed by atoms with Gasteiger partial charge in [-0.1, -0.05) is 0 Å². The molecule has 2 heterocycles. The van der Waals surface area contributed by atoms with E-state index in [0.29, 0.717) is 0 Å². The third kappa shape index (κ3) is 4.54. The molecule has 0 saturated carbocycles. The summed E-state index contributed by atoms with van der Waals surface area (Å²) in [7, 11) is 0. The SMILES string of the molecule is CC(N)C(=O)O.[Au].c1cc2nc[nH]c2cn1. The van der Waals surface area contributed by atoms with E-state index < -0.39 is 12.0 Å². The van der Waals surface area contributed by atoms with E-state index in [4.69, 9.17) is 10.8 Å². The first-order valence-corrected chi connectivity index (χ1v) is 4.32. The van der Waals surface area contributed by atoms with Gasteiger partial charge in [0.25, 0.3) is 0 Å². The average Bonchev–Trinajstić information content (AvgIpc) is 2.66. The Labute approximate surface area is 108 Å². The summed E-state index contributed by atoms with van der Waals surface area (Å²) in [6.45, 7) is 1.42. The Morgan fingerprint density at radius 3 is 2.75 bits per heavy atom. The summed E-state index contributed by atoms with van der Waals surface area (Å²) in [6.07, 6.45) is 5.14. The van der Waals surface area contributed by atoms with E-state index in [0.717, 1.165) is 11.0 Å². The number of aliphatic carboxylic acids is 1. The molecule has 2 aromatic heterocycles. The molecule has 0 aliphatic rings. The standard InChI is InChI=1S/C6H5N3.C3H7NO2.Au/c1-2-7-3-6-5(1)8-4-9-6;1-2(4)3(5)6;/h1-4H,(H,8,9);2H,4H2,1H3,(H,5,6);. The maximum atomic E-state index is 9.57. The molecule has 1 radical (unpaired) electrons. The molecule has 91 valence electrons. The van der Waals surface area contributed by atoms with Crippen molar-refractivity contribution in [2.75, 3.05) is 0 Å². The summed E-state index contributed by atoms with van der Waals surface area (Å²) in [5.41, 5.74) is 6.78. The van der Waals surface area contributed by atoms with Gasteiger partial charge in [-0.05, 0) is 13.0 Å². The van der Waals surface area contributed by atoms with Crippen LogP contribution in [0.15, 0.2) is 24.8 Å². The molecule has 0 aliphatic carbocycles. The summed E-state index contributed by atoms with van der Waals surface area (Å²) < 4.78 is 0. The molecule has 16 heavy (non-hydrogen) atoms. The van der Waals surface area contributed by atoms with Crippen molar-refractivity contribution in [1.82, 2.24) is 15.0 Å². The number of hydrogen-bond acceptors (Lipinski definition) is 4. The number of nitrogens with zero attached hydrogens (tertiary/aromatic N) is 2. The second kappa shape index (κ2) is 7.13. The fraction of sp³-hybridized carbons (Fsp3) is 0.222. The molecule has 7 heteroatoms. The Hall–Kier alpha value is -1.21. The number of H-pyrrole nitrogens is 1. The number of imidazole rings is 1. The zero-order valence-corrected chi connectivity index (χ0v) is 10.7. The number of carbonyl (C=O) groups is 1. The predicted molar refractivity (Wildman–Crippen MR) is 55.2 cm³/mol. The topological polar surface area (TPSA) is 105 Å². The van der Waals surface area contributed by atoms with Crippen molar-refractivity contribution in [2.24, 2.45) is 5.73 Å². The van der Waals surface area contributed by atoms with Crippen molar-refractivity contribution in [3.63, 3.8) is 0 Å². The van der Waals surface area contributed by atoms with E-state index in [1.165, 1.54) is 6.92 Å². The van der Waals surface area contributed by atoms with Gasteiger partial charge in [-0.25, -0.2) is 4.98 Å². The first-order valence-electron chi connectivity index (χ1n) is 4.32. The predicted octanol–water partition coefficient (Wildman–Crippen LogP) is 0.374. The number of carboxylic acids is 1. The minimum Gasteiger partial charge on any atom is -0.480 e. The van der Waals surface area contributed by atoms with Crippen LogP contribution >= 0.6 is 0 Å². The van der Waals surface area contributed by atoms with Crippen molar-refractivity contribution >= 4 is 17.0 Å². The molecule has 0 aromatic carbocycles. The number of hydrogen-bond donors (Lipinski definition) is 3. The first-order chi connectivity index (χ1) is 7.11. The molecule has 4 N–H and O–H groups in total. The zero-order valence-electron chi connectivity index (χ0n) is 8.52. The van der Waals surface area contributed by atoms with Crippen LogP contribution in [0.3, 0.4) is 0 Å². The molecule has 0 spiro atoms. The monoisotopic (exact) mass is 405 g/mol. The van der Waals surface area contributed by atoms with Crippen LogP contribution in [0.5, 0.6) is 0 Å². The first kappa shape index (κ1) is 14.8. The van der Waals surface area contributed by atoms with Crippen LogP contribution in [0.2, 0.25) is 0 Å². The van der Waals surface area contributed by atoms with Gasteiger partial charge < -0.3 is 15.8 Å². The normalized spacial score (nSPS) is 10.9.